The highest BCUT2D eigenvalue weighted by atomic mass is 32.1. The standard InChI is InChI=1S/C12H11N3O3S/c1-7-12(19-11(14-7)6-10(13)16)8-2-4-9(5-3-8)15(17)18/h2-5H,6H2,1H3,(H2,13,16). The molecule has 7 heteroatoms. The minimum absolute atomic E-state index is 0.0447. The molecule has 0 radical (unpaired) electrons. The van der Waals surface area contributed by atoms with Crippen molar-refractivity contribution < 1.29 is 9.72 Å². The quantitative estimate of drug-likeness (QED) is 0.682. The minimum atomic E-state index is -0.443. The Kier molecular flexibility index (Phi) is 3.57. The molecule has 19 heavy (non-hydrogen) atoms. The predicted octanol–water partition coefficient (Wildman–Crippen LogP) is 2.05. The van der Waals surface area contributed by atoms with Gasteiger partial charge in [0.25, 0.3) is 5.69 Å². The van der Waals surface area contributed by atoms with Gasteiger partial charge in [-0.3, -0.25) is 14.9 Å². The highest BCUT2D eigenvalue weighted by Crippen LogP contribution is 2.31. The first-order chi connectivity index (χ1) is 8.97. The van der Waals surface area contributed by atoms with Crippen molar-refractivity contribution in [2.24, 2.45) is 5.73 Å². The molecule has 0 unspecified atom stereocenters. The highest BCUT2D eigenvalue weighted by molar-refractivity contribution is 7.15. The summed E-state index contributed by atoms with van der Waals surface area (Å²) in [7, 11) is 0. The zero-order valence-electron chi connectivity index (χ0n) is 10.1. The molecule has 0 atom stereocenters. The SMILES string of the molecule is Cc1nc(CC(N)=O)sc1-c1ccc([N+](=O)[O-])cc1. The Morgan fingerprint density at radius 1 is 1.42 bits per heavy atom. The number of benzene rings is 1. The number of hydrogen-bond donors (Lipinski definition) is 1. The first-order valence-corrected chi connectivity index (χ1v) is 6.28. The molecule has 2 aromatic rings. The molecule has 6 nitrogen and oxygen atoms in total. The number of nitrogens with zero attached hydrogens (tertiary/aromatic N) is 2. The van der Waals surface area contributed by atoms with Crippen LogP contribution >= 0.6 is 11.3 Å². The van der Waals surface area contributed by atoms with Gasteiger partial charge in [-0.2, -0.15) is 0 Å². The lowest BCUT2D eigenvalue weighted by atomic mass is 10.1. The smallest absolute Gasteiger partial charge is 0.269 e. The second-order valence-electron chi connectivity index (χ2n) is 3.97. The number of primary amides is 1. The number of nitro benzene ring substituents is 1. The zero-order valence-corrected chi connectivity index (χ0v) is 10.9. The summed E-state index contributed by atoms with van der Waals surface area (Å²) in [4.78, 5) is 26.2. The molecule has 0 spiro atoms. The number of thiazole rings is 1. The van der Waals surface area contributed by atoms with E-state index < -0.39 is 10.8 Å². The van der Waals surface area contributed by atoms with E-state index in [4.69, 9.17) is 5.73 Å². The van der Waals surface area contributed by atoms with Crippen LogP contribution in [0.15, 0.2) is 24.3 Å². The summed E-state index contributed by atoms with van der Waals surface area (Å²) in [6, 6.07) is 6.24. The summed E-state index contributed by atoms with van der Waals surface area (Å²) in [5.41, 5.74) is 6.80. The molecular formula is C12H11N3O3S. The van der Waals surface area contributed by atoms with Crippen LogP contribution in [-0.2, 0) is 11.2 Å². The van der Waals surface area contributed by atoms with Crippen molar-refractivity contribution in [1.29, 1.82) is 0 Å². The molecular weight excluding hydrogens is 266 g/mol. The second-order valence-corrected chi connectivity index (χ2v) is 5.05. The third-order valence-corrected chi connectivity index (χ3v) is 3.71. The molecule has 1 heterocycles. The van der Waals surface area contributed by atoms with E-state index in [1.54, 1.807) is 12.1 Å². The fourth-order valence-electron chi connectivity index (χ4n) is 1.68. The van der Waals surface area contributed by atoms with E-state index in [2.05, 4.69) is 4.98 Å². The number of hydrogen-bond acceptors (Lipinski definition) is 5. The van der Waals surface area contributed by atoms with Gasteiger partial charge in [0.2, 0.25) is 5.91 Å². The van der Waals surface area contributed by atoms with Gasteiger partial charge in [-0.15, -0.1) is 11.3 Å². The Labute approximate surface area is 113 Å². The summed E-state index contributed by atoms with van der Waals surface area (Å²) >= 11 is 1.37. The number of aromatic nitrogens is 1. The number of aryl methyl sites for hydroxylation is 1. The average molecular weight is 277 g/mol. The van der Waals surface area contributed by atoms with Gasteiger partial charge in [-0.25, -0.2) is 4.98 Å². The maximum absolute atomic E-state index is 10.9. The molecule has 1 aromatic carbocycles. The third kappa shape index (κ3) is 2.94. The molecule has 0 aliphatic heterocycles. The summed E-state index contributed by atoms with van der Waals surface area (Å²) in [6.45, 7) is 1.83. The van der Waals surface area contributed by atoms with E-state index in [0.29, 0.717) is 5.01 Å². The number of rotatable bonds is 4. The number of non-ortho nitro benzene ring substituents is 1. The molecule has 0 fully saturated rings. The highest BCUT2D eigenvalue weighted by Gasteiger charge is 2.12. The summed E-state index contributed by atoms with van der Waals surface area (Å²) in [6.07, 6.45) is 0.110. The minimum Gasteiger partial charge on any atom is -0.369 e. The summed E-state index contributed by atoms with van der Waals surface area (Å²) in [5.74, 6) is -0.427. The fourth-order valence-corrected chi connectivity index (χ4v) is 2.76. The predicted molar refractivity (Wildman–Crippen MR) is 71.8 cm³/mol. The van der Waals surface area contributed by atoms with Gasteiger partial charge >= 0.3 is 0 Å². The van der Waals surface area contributed by atoms with Gasteiger partial charge in [0, 0.05) is 12.1 Å². The van der Waals surface area contributed by atoms with Gasteiger partial charge in [-0.05, 0) is 24.6 Å². The van der Waals surface area contributed by atoms with E-state index in [0.717, 1.165) is 16.1 Å². The zero-order chi connectivity index (χ0) is 14.0. The number of nitrogens with two attached hydrogens (primary N) is 1. The van der Waals surface area contributed by atoms with E-state index in [1.807, 2.05) is 6.92 Å². The number of amides is 1. The maximum atomic E-state index is 10.9. The molecule has 0 saturated heterocycles. The van der Waals surface area contributed by atoms with E-state index in [9.17, 15) is 14.9 Å². The van der Waals surface area contributed by atoms with Crippen molar-refractivity contribution in [1.82, 2.24) is 4.98 Å². The molecule has 0 aliphatic rings. The summed E-state index contributed by atoms with van der Waals surface area (Å²) in [5, 5.41) is 11.2. The average Bonchev–Trinajstić information content (AvgIpc) is 2.69. The second kappa shape index (κ2) is 5.15. The molecule has 2 N–H and O–H groups in total. The normalized spacial score (nSPS) is 10.4. The molecule has 98 valence electrons. The van der Waals surface area contributed by atoms with Gasteiger partial charge in [0.05, 0.1) is 21.9 Å². The van der Waals surface area contributed by atoms with Crippen molar-refractivity contribution >= 4 is 22.9 Å². The largest absolute Gasteiger partial charge is 0.369 e. The Bertz CT molecular complexity index is 634. The van der Waals surface area contributed by atoms with E-state index >= 15 is 0 Å². The van der Waals surface area contributed by atoms with Crippen molar-refractivity contribution in [3.63, 3.8) is 0 Å². The lowest BCUT2D eigenvalue weighted by molar-refractivity contribution is -0.384. The van der Waals surface area contributed by atoms with Crippen molar-refractivity contribution in [3.05, 3.63) is 45.1 Å². The van der Waals surface area contributed by atoms with Gasteiger partial charge in [0.1, 0.15) is 5.01 Å². The van der Waals surface area contributed by atoms with Gasteiger partial charge in [0.15, 0.2) is 0 Å². The Hall–Kier alpha value is -2.28. The van der Waals surface area contributed by atoms with Crippen LogP contribution in [0.1, 0.15) is 10.7 Å². The Morgan fingerprint density at radius 3 is 2.58 bits per heavy atom. The molecule has 1 amide bonds. The van der Waals surface area contributed by atoms with Gasteiger partial charge in [-0.1, -0.05) is 0 Å². The molecule has 0 aliphatic carbocycles. The Morgan fingerprint density at radius 2 is 2.05 bits per heavy atom. The van der Waals surface area contributed by atoms with Crippen LogP contribution in [0, 0.1) is 17.0 Å². The number of carbonyl (C=O) groups is 1. The van der Waals surface area contributed by atoms with Crippen LogP contribution in [0.2, 0.25) is 0 Å². The molecule has 1 aromatic heterocycles. The van der Waals surface area contributed by atoms with Crippen LogP contribution in [0.25, 0.3) is 10.4 Å². The fraction of sp³-hybridized carbons (Fsp3) is 0.167. The topological polar surface area (TPSA) is 99.1 Å². The van der Waals surface area contributed by atoms with Crippen LogP contribution in [0.3, 0.4) is 0 Å². The van der Waals surface area contributed by atoms with Crippen molar-refractivity contribution in [3.8, 4) is 10.4 Å². The monoisotopic (exact) mass is 277 g/mol. The Balaban J connectivity index is 2.33. The van der Waals surface area contributed by atoms with Crippen molar-refractivity contribution in [2.45, 2.75) is 13.3 Å². The van der Waals surface area contributed by atoms with E-state index in [1.165, 1.54) is 23.5 Å². The first kappa shape index (κ1) is 13.2. The van der Waals surface area contributed by atoms with Crippen LogP contribution in [0.4, 0.5) is 5.69 Å². The van der Waals surface area contributed by atoms with Crippen LogP contribution < -0.4 is 5.73 Å². The number of nitro groups is 1. The first-order valence-electron chi connectivity index (χ1n) is 5.47. The molecule has 0 bridgehead atoms. The van der Waals surface area contributed by atoms with Crippen LogP contribution in [-0.4, -0.2) is 15.8 Å². The molecule has 2 rings (SSSR count). The third-order valence-electron chi connectivity index (χ3n) is 2.51. The maximum Gasteiger partial charge on any atom is 0.269 e. The van der Waals surface area contributed by atoms with Gasteiger partial charge < -0.3 is 5.73 Å². The lowest BCUT2D eigenvalue weighted by Gasteiger charge is -1.98. The van der Waals surface area contributed by atoms with Crippen molar-refractivity contribution in [2.75, 3.05) is 0 Å². The lowest BCUT2D eigenvalue weighted by Crippen LogP contribution is -2.13. The van der Waals surface area contributed by atoms with Crippen LogP contribution in [0.5, 0.6) is 0 Å². The molecule has 0 saturated carbocycles. The van der Waals surface area contributed by atoms with E-state index in [-0.39, 0.29) is 12.1 Å². The summed E-state index contributed by atoms with van der Waals surface area (Å²) < 4.78 is 0. The number of carbonyl (C=O) groups excluding carboxylic acids is 1.